The second-order valence-electron chi connectivity index (χ2n) is 11.3. The fraction of sp³-hybridized carbons (Fsp3) is 0.375. The topological polar surface area (TPSA) is 77.9 Å². The lowest BCUT2D eigenvalue weighted by Gasteiger charge is -2.28. The molecule has 0 bridgehead atoms. The number of methoxy groups -OCH3 is 1. The average Bonchev–Trinajstić information content (AvgIpc) is 3.56. The van der Waals surface area contributed by atoms with Crippen molar-refractivity contribution in [3.05, 3.63) is 89.6 Å². The van der Waals surface area contributed by atoms with Crippen molar-refractivity contribution >= 4 is 17.7 Å². The van der Waals surface area contributed by atoms with Crippen LogP contribution in [0.2, 0.25) is 0 Å². The molecule has 0 atom stereocenters. The van der Waals surface area contributed by atoms with Crippen LogP contribution in [0.15, 0.2) is 80.8 Å². The molecule has 212 valence electrons. The summed E-state index contributed by atoms with van der Waals surface area (Å²) in [6.45, 7) is 13.3. The van der Waals surface area contributed by atoms with Crippen molar-refractivity contribution in [2.24, 2.45) is 0 Å². The molecule has 2 aromatic heterocycles. The number of nitrogens with zero attached hydrogens (tertiary/aromatic N) is 2. The molecule has 0 amide bonds. The van der Waals surface area contributed by atoms with Crippen molar-refractivity contribution in [3.8, 4) is 17.0 Å². The summed E-state index contributed by atoms with van der Waals surface area (Å²) in [6.07, 6.45) is 1.69. The zero-order valence-electron chi connectivity index (χ0n) is 24.3. The van der Waals surface area contributed by atoms with Gasteiger partial charge in [0.2, 0.25) is 0 Å². The van der Waals surface area contributed by atoms with Crippen LogP contribution in [-0.2, 0) is 29.2 Å². The Balaban J connectivity index is 1.46. The number of aromatic nitrogens is 1. The van der Waals surface area contributed by atoms with E-state index in [1.807, 2.05) is 77.9 Å². The number of aryl methyl sites for hydroxylation is 1. The number of carbonyl (C=O) groups excluding carboxylic acids is 1. The molecule has 0 saturated heterocycles. The van der Waals surface area contributed by atoms with E-state index in [1.54, 1.807) is 13.4 Å². The summed E-state index contributed by atoms with van der Waals surface area (Å²) in [7, 11) is 1.66. The third-order valence-corrected chi connectivity index (χ3v) is 7.39. The number of hydrogen-bond acceptors (Lipinski definition) is 8. The van der Waals surface area contributed by atoms with Gasteiger partial charge in [0.1, 0.15) is 27.6 Å². The highest BCUT2D eigenvalue weighted by Gasteiger charge is 2.33. The molecule has 4 rings (SSSR count). The van der Waals surface area contributed by atoms with Crippen LogP contribution in [0.25, 0.3) is 11.3 Å². The van der Waals surface area contributed by atoms with Gasteiger partial charge in [-0.15, -0.1) is 11.8 Å². The maximum absolute atomic E-state index is 12.7. The largest absolute Gasteiger partial charge is 0.497 e. The number of furan rings is 1. The van der Waals surface area contributed by atoms with Crippen LogP contribution in [0.5, 0.6) is 5.75 Å². The summed E-state index contributed by atoms with van der Waals surface area (Å²) >= 11 is 1.50. The summed E-state index contributed by atoms with van der Waals surface area (Å²) in [5.41, 5.74) is 3.49. The number of ether oxygens (including phenoxy) is 2. The Morgan fingerprint density at radius 2 is 1.68 bits per heavy atom. The maximum Gasteiger partial charge on any atom is 0.322 e. The Labute approximate surface area is 240 Å². The number of rotatable bonds is 11. The monoisotopic (exact) mass is 562 g/mol. The van der Waals surface area contributed by atoms with Gasteiger partial charge in [-0.05, 0) is 95.1 Å². The Morgan fingerprint density at radius 3 is 2.30 bits per heavy atom. The predicted octanol–water partition coefficient (Wildman–Crippen LogP) is 7.67. The summed E-state index contributed by atoms with van der Waals surface area (Å²) in [4.78, 5) is 15.9. The van der Waals surface area contributed by atoms with Gasteiger partial charge < -0.3 is 18.4 Å². The maximum atomic E-state index is 12.7. The van der Waals surface area contributed by atoms with Gasteiger partial charge in [0.25, 0.3) is 0 Å². The minimum atomic E-state index is -0.702. The van der Waals surface area contributed by atoms with Crippen LogP contribution >= 0.6 is 11.8 Å². The van der Waals surface area contributed by atoms with Crippen LogP contribution < -0.4 is 4.74 Å². The molecule has 0 saturated carbocycles. The van der Waals surface area contributed by atoms with Gasteiger partial charge in [-0.25, -0.2) is 0 Å². The number of hydrogen-bond donors (Lipinski definition) is 0. The predicted molar refractivity (Wildman–Crippen MR) is 157 cm³/mol. The average molecular weight is 563 g/mol. The minimum Gasteiger partial charge on any atom is -0.497 e. The lowest BCUT2D eigenvalue weighted by molar-refractivity contribution is -0.156. The Bertz CT molecular complexity index is 1400. The van der Waals surface area contributed by atoms with E-state index < -0.39 is 10.3 Å². The van der Waals surface area contributed by atoms with Gasteiger partial charge in [0.15, 0.2) is 5.76 Å². The van der Waals surface area contributed by atoms with Gasteiger partial charge in [0, 0.05) is 23.1 Å². The number of esters is 1. The SMILES string of the molecule is COc1ccc(-c2cc(CN(Cc3ccc(SC(C)(C)C(=O)OC(C)(C)C)cc3)Cc3ccco3)on2)c(C)c1. The number of thioether (sulfide) groups is 1. The van der Waals surface area contributed by atoms with E-state index in [9.17, 15) is 4.79 Å². The third kappa shape index (κ3) is 8.02. The first-order chi connectivity index (χ1) is 18.9. The van der Waals surface area contributed by atoms with E-state index in [2.05, 4.69) is 34.3 Å². The van der Waals surface area contributed by atoms with Crippen LogP contribution in [0.3, 0.4) is 0 Å². The number of carbonyl (C=O) groups is 1. The van der Waals surface area contributed by atoms with Crippen LogP contribution in [0, 0.1) is 6.92 Å². The highest BCUT2D eigenvalue weighted by molar-refractivity contribution is 8.01. The van der Waals surface area contributed by atoms with Gasteiger partial charge in [-0.3, -0.25) is 9.69 Å². The first-order valence-corrected chi connectivity index (χ1v) is 14.1. The molecule has 40 heavy (non-hydrogen) atoms. The fourth-order valence-corrected chi connectivity index (χ4v) is 5.22. The lowest BCUT2D eigenvalue weighted by Crippen LogP contribution is -2.36. The molecule has 0 aliphatic rings. The molecule has 0 spiro atoms. The molecular weight excluding hydrogens is 524 g/mol. The smallest absolute Gasteiger partial charge is 0.322 e. The lowest BCUT2D eigenvalue weighted by atomic mass is 10.1. The van der Waals surface area contributed by atoms with E-state index >= 15 is 0 Å². The molecule has 0 aliphatic carbocycles. The summed E-state index contributed by atoms with van der Waals surface area (Å²) in [5.74, 6) is 2.22. The molecule has 0 aliphatic heterocycles. The van der Waals surface area contributed by atoms with Crippen molar-refractivity contribution in [1.82, 2.24) is 10.1 Å². The van der Waals surface area contributed by atoms with Crippen LogP contribution in [-0.4, -0.2) is 33.5 Å². The molecule has 4 aromatic rings. The van der Waals surface area contributed by atoms with E-state index in [-0.39, 0.29) is 5.97 Å². The van der Waals surface area contributed by atoms with Crippen molar-refractivity contribution in [2.45, 2.75) is 76.4 Å². The van der Waals surface area contributed by atoms with Crippen molar-refractivity contribution < 1.29 is 23.2 Å². The van der Waals surface area contributed by atoms with Crippen molar-refractivity contribution in [1.29, 1.82) is 0 Å². The standard InChI is InChI=1S/C32H38N2O5S/c1-22-17-24(36-7)12-15-28(22)29-18-26(39-33-29)21-34(20-25-9-8-16-37-25)19-23-10-13-27(14-11-23)40-32(5,6)30(35)38-31(2,3)4/h8-18H,19-21H2,1-7H3. The molecule has 0 N–H and O–H groups in total. The Morgan fingerprint density at radius 1 is 0.950 bits per heavy atom. The van der Waals surface area contributed by atoms with Gasteiger partial charge in [-0.2, -0.15) is 0 Å². The van der Waals surface area contributed by atoms with Gasteiger partial charge in [0.05, 0.1) is 26.5 Å². The summed E-state index contributed by atoms with van der Waals surface area (Å²) in [5, 5.41) is 4.34. The first kappa shape index (κ1) is 29.5. The van der Waals surface area contributed by atoms with Crippen molar-refractivity contribution in [2.75, 3.05) is 7.11 Å². The molecule has 8 heteroatoms. The van der Waals surface area contributed by atoms with Crippen molar-refractivity contribution in [3.63, 3.8) is 0 Å². The summed E-state index contributed by atoms with van der Waals surface area (Å²) in [6, 6.07) is 20.1. The number of benzene rings is 2. The van der Waals surface area contributed by atoms with Gasteiger partial charge in [-0.1, -0.05) is 17.3 Å². The second kappa shape index (κ2) is 12.4. The Hall–Kier alpha value is -3.49. The highest BCUT2D eigenvalue weighted by Crippen LogP contribution is 2.35. The van der Waals surface area contributed by atoms with Gasteiger partial charge >= 0.3 is 5.97 Å². The highest BCUT2D eigenvalue weighted by atomic mass is 32.2. The molecule has 0 fully saturated rings. The molecule has 2 aromatic carbocycles. The van der Waals surface area contributed by atoms with E-state index in [4.69, 9.17) is 18.4 Å². The zero-order chi connectivity index (χ0) is 28.9. The molecular formula is C32H38N2O5S. The molecule has 0 unspecified atom stereocenters. The first-order valence-electron chi connectivity index (χ1n) is 13.3. The fourth-order valence-electron chi connectivity index (χ4n) is 4.23. The van der Waals surface area contributed by atoms with E-state index in [0.717, 1.165) is 44.5 Å². The third-order valence-electron chi connectivity index (χ3n) is 6.20. The quantitative estimate of drug-likeness (QED) is 0.136. The molecule has 2 heterocycles. The van der Waals surface area contributed by atoms with E-state index in [0.29, 0.717) is 19.6 Å². The zero-order valence-corrected chi connectivity index (χ0v) is 25.1. The minimum absolute atomic E-state index is 0.227. The molecule has 0 radical (unpaired) electrons. The van der Waals surface area contributed by atoms with E-state index in [1.165, 1.54) is 11.8 Å². The molecule has 7 nitrogen and oxygen atoms in total. The van der Waals surface area contributed by atoms with Crippen LogP contribution in [0.1, 0.15) is 57.3 Å². The second-order valence-corrected chi connectivity index (χ2v) is 13.0. The van der Waals surface area contributed by atoms with Crippen LogP contribution in [0.4, 0.5) is 0 Å². The Kier molecular flexibility index (Phi) is 9.11. The normalized spacial score (nSPS) is 12.1. The summed E-state index contributed by atoms with van der Waals surface area (Å²) < 4.78 is 21.6.